The largest absolute Gasteiger partial charge is 0.473 e. The predicted octanol–water partition coefficient (Wildman–Crippen LogP) is 1.28. The molecule has 0 bridgehead atoms. The molecule has 3 aromatic rings. The van der Waals surface area contributed by atoms with E-state index in [1.165, 1.54) is 23.4 Å². The summed E-state index contributed by atoms with van der Waals surface area (Å²) in [6, 6.07) is 6.40. The van der Waals surface area contributed by atoms with Crippen molar-refractivity contribution in [1.29, 1.82) is 0 Å². The van der Waals surface area contributed by atoms with Gasteiger partial charge < -0.3 is 14.7 Å². The van der Waals surface area contributed by atoms with Crippen molar-refractivity contribution >= 4 is 27.0 Å². The molecule has 0 radical (unpaired) electrons. The number of fused-ring (bicyclic) bond motifs is 1. The van der Waals surface area contributed by atoms with Crippen LogP contribution in [0.15, 0.2) is 41.7 Å². The summed E-state index contributed by atoms with van der Waals surface area (Å²) >= 11 is 0. The van der Waals surface area contributed by atoms with E-state index in [1.807, 2.05) is 6.92 Å². The van der Waals surface area contributed by atoms with Gasteiger partial charge in [0, 0.05) is 39.0 Å². The third-order valence-corrected chi connectivity index (χ3v) is 6.44. The first-order valence-electron chi connectivity index (χ1n) is 10.1. The second-order valence-corrected chi connectivity index (χ2v) is 9.75. The topological polar surface area (TPSA) is 131 Å². The van der Waals surface area contributed by atoms with E-state index in [2.05, 4.69) is 20.0 Å². The highest BCUT2D eigenvalue weighted by atomic mass is 32.2. The van der Waals surface area contributed by atoms with Gasteiger partial charge in [0.1, 0.15) is 17.8 Å². The predicted molar refractivity (Wildman–Crippen MR) is 116 cm³/mol. The first kappa shape index (κ1) is 22.0. The number of carbonyl (C=O) groups is 1. The van der Waals surface area contributed by atoms with Crippen LogP contribution in [0.4, 0.5) is 4.79 Å². The van der Waals surface area contributed by atoms with E-state index < -0.39 is 15.9 Å². The molecule has 11 nitrogen and oxygen atoms in total. The number of hydrogen-bond acceptors (Lipinski definition) is 8. The Morgan fingerprint density at radius 2 is 1.84 bits per heavy atom. The maximum absolute atomic E-state index is 11.7. The van der Waals surface area contributed by atoms with Gasteiger partial charge in [-0.05, 0) is 31.2 Å². The molecule has 2 aromatic heterocycles. The van der Waals surface area contributed by atoms with Crippen LogP contribution in [-0.4, -0.2) is 94.2 Å². The molecule has 0 spiro atoms. The van der Waals surface area contributed by atoms with E-state index in [4.69, 9.17) is 9.84 Å². The van der Waals surface area contributed by atoms with Gasteiger partial charge in [-0.15, -0.1) is 0 Å². The lowest BCUT2D eigenvalue weighted by molar-refractivity contribution is 0.0823. The van der Waals surface area contributed by atoms with Gasteiger partial charge in [-0.3, -0.25) is 4.90 Å². The van der Waals surface area contributed by atoms with E-state index >= 15 is 0 Å². The second kappa shape index (κ2) is 8.71. The zero-order valence-electron chi connectivity index (χ0n) is 17.7. The zero-order chi connectivity index (χ0) is 22.9. The fraction of sp³-hybridized carbons (Fsp3) is 0.400. The van der Waals surface area contributed by atoms with Crippen LogP contribution in [0.3, 0.4) is 0 Å². The van der Waals surface area contributed by atoms with Crippen molar-refractivity contribution in [3.8, 4) is 11.6 Å². The standard InChI is InChI=1S/C20H24N6O5S/c1-14(12-24-7-9-25(10-8-24)20(27)28)31-19-17-11-23-26(18(17)21-13-22-19)15-3-5-16(6-4-15)32(2,29)30/h3-6,11,13-14H,7-10,12H2,1-2H3,(H,27,28). The van der Waals surface area contributed by atoms with Gasteiger partial charge in [-0.2, -0.15) is 5.10 Å². The number of carboxylic acid groups (broad SMARTS) is 1. The molecular formula is C20H24N6O5S. The summed E-state index contributed by atoms with van der Waals surface area (Å²) in [4.78, 5) is 23.4. The quantitative estimate of drug-likeness (QED) is 0.578. The Hall–Kier alpha value is -3.25. The van der Waals surface area contributed by atoms with Gasteiger partial charge in [0.15, 0.2) is 15.5 Å². The third kappa shape index (κ3) is 4.65. The minimum absolute atomic E-state index is 0.179. The highest BCUT2D eigenvalue weighted by molar-refractivity contribution is 7.90. The summed E-state index contributed by atoms with van der Waals surface area (Å²) < 4.78 is 31.0. The van der Waals surface area contributed by atoms with Crippen LogP contribution < -0.4 is 4.74 Å². The van der Waals surface area contributed by atoms with Crippen molar-refractivity contribution in [2.24, 2.45) is 0 Å². The fourth-order valence-electron chi connectivity index (χ4n) is 3.65. The monoisotopic (exact) mass is 460 g/mol. The van der Waals surface area contributed by atoms with Crippen LogP contribution in [0.5, 0.6) is 5.88 Å². The lowest BCUT2D eigenvalue weighted by Crippen LogP contribution is -2.50. The number of sulfone groups is 1. The van der Waals surface area contributed by atoms with E-state index in [9.17, 15) is 13.2 Å². The van der Waals surface area contributed by atoms with Crippen molar-refractivity contribution in [1.82, 2.24) is 29.5 Å². The molecule has 3 heterocycles. The molecule has 12 heteroatoms. The SMILES string of the molecule is CC(CN1CCN(C(=O)O)CC1)Oc1ncnc2c1cnn2-c1ccc(S(C)(=O)=O)cc1. The van der Waals surface area contributed by atoms with Crippen molar-refractivity contribution < 1.29 is 23.1 Å². The molecular weight excluding hydrogens is 436 g/mol. The Balaban J connectivity index is 1.48. The number of ether oxygens (including phenoxy) is 1. The van der Waals surface area contributed by atoms with Crippen molar-refractivity contribution in [3.05, 3.63) is 36.8 Å². The van der Waals surface area contributed by atoms with Gasteiger partial charge in [0.05, 0.1) is 16.8 Å². The Labute approximate surface area is 185 Å². The average Bonchev–Trinajstić information content (AvgIpc) is 3.19. The summed E-state index contributed by atoms with van der Waals surface area (Å²) in [6.45, 7) is 4.84. The van der Waals surface area contributed by atoms with Crippen molar-refractivity contribution in [2.45, 2.75) is 17.9 Å². The number of nitrogens with zero attached hydrogens (tertiary/aromatic N) is 6. The molecule has 170 valence electrons. The van der Waals surface area contributed by atoms with E-state index in [0.29, 0.717) is 55.3 Å². The summed E-state index contributed by atoms with van der Waals surface area (Å²) in [5.41, 5.74) is 1.21. The minimum atomic E-state index is -3.28. The van der Waals surface area contributed by atoms with Crippen molar-refractivity contribution in [3.63, 3.8) is 0 Å². The van der Waals surface area contributed by atoms with Gasteiger partial charge >= 0.3 is 6.09 Å². The zero-order valence-corrected chi connectivity index (χ0v) is 18.6. The Kier molecular flexibility index (Phi) is 5.98. The molecule has 1 aliphatic rings. The minimum Gasteiger partial charge on any atom is -0.473 e. The van der Waals surface area contributed by atoms with Gasteiger partial charge in [0.2, 0.25) is 5.88 Å². The van der Waals surface area contributed by atoms with Crippen molar-refractivity contribution in [2.75, 3.05) is 39.0 Å². The maximum atomic E-state index is 11.7. The summed E-state index contributed by atoms with van der Waals surface area (Å²) in [6.07, 6.45) is 3.12. The molecule has 0 saturated carbocycles. The van der Waals surface area contributed by atoms with E-state index in [0.717, 1.165) is 6.26 Å². The van der Waals surface area contributed by atoms with Crippen LogP contribution in [0.2, 0.25) is 0 Å². The number of rotatable bonds is 6. The number of aromatic nitrogens is 4. The molecule has 1 aromatic carbocycles. The highest BCUT2D eigenvalue weighted by Crippen LogP contribution is 2.25. The Morgan fingerprint density at radius 1 is 1.16 bits per heavy atom. The molecule has 1 amide bonds. The first-order chi connectivity index (χ1) is 15.2. The number of amides is 1. The van der Waals surface area contributed by atoms with Crippen LogP contribution in [-0.2, 0) is 9.84 Å². The Bertz CT molecular complexity index is 1220. The average molecular weight is 461 g/mol. The number of benzene rings is 1. The summed E-state index contributed by atoms with van der Waals surface area (Å²) in [5, 5.41) is 14.1. The van der Waals surface area contributed by atoms with Crippen LogP contribution in [0.1, 0.15) is 6.92 Å². The summed E-state index contributed by atoms with van der Waals surface area (Å²) in [7, 11) is -3.28. The molecule has 32 heavy (non-hydrogen) atoms. The molecule has 1 saturated heterocycles. The van der Waals surface area contributed by atoms with Crippen LogP contribution in [0.25, 0.3) is 16.7 Å². The smallest absolute Gasteiger partial charge is 0.407 e. The summed E-state index contributed by atoms with van der Waals surface area (Å²) in [5.74, 6) is 0.408. The normalized spacial score (nSPS) is 16.2. The van der Waals surface area contributed by atoms with Crippen LogP contribution >= 0.6 is 0 Å². The number of piperazine rings is 1. The van der Waals surface area contributed by atoms with Crippen LogP contribution in [0, 0.1) is 0 Å². The fourth-order valence-corrected chi connectivity index (χ4v) is 4.28. The second-order valence-electron chi connectivity index (χ2n) is 7.74. The molecule has 1 atom stereocenters. The van der Waals surface area contributed by atoms with Gasteiger partial charge in [-0.1, -0.05) is 0 Å². The lowest BCUT2D eigenvalue weighted by atomic mass is 10.3. The molecule has 1 fully saturated rings. The van der Waals surface area contributed by atoms with E-state index in [1.54, 1.807) is 23.0 Å². The Morgan fingerprint density at radius 3 is 2.47 bits per heavy atom. The number of hydrogen-bond donors (Lipinski definition) is 1. The van der Waals surface area contributed by atoms with Gasteiger partial charge in [0.25, 0.3) is 0 Å². The molecule has 4 rings (SSSR count). The van der Waals surface area contributed by atoms with Gasteiger partial charge in [-0.25, -0.2) is 27.9 Å². The first-order valence-corrected chi connectivity index (χ1v) is 12.0. The van der Waals surface area contributed by atoms with E-state index in [-0.39, 0.29) is 11.0 Å². The molecule has 1 aliphatic heterocycles. The maximum Gasteiger partial charge on any atom is 0.407 e. The highest BCUT2D eigenvalue weighted by Gasteiger charge is 2.22. The molecule has 1 N–H and O–H groups in total. The third-order valence-electron chi connectivity index (χ3n) is 5.31. The lowest BCUT2D eigenvalue weighted by Gasteiger charge is -2.34. The molecule has 1 unspecified atom stereocenters. The molecule has 0 aliphatic carbocycles.